The van der Waals surface area contributed by atoms with Crippen molar-refractivity contribution in [3.8, 4) is 0 Å². The number of esters is 1. The molecule has 1 aromatic rings. The van der Waals surface area contributed by atoms with E-state index in [4.69, 9.17) is 4.74 Å². The molecule has 0 atom stereocenters. The maximum atomic E-state index is 12.8. The van der Waals surface area contributed by atoms with Crippen LogP contribution < -0.4 is 10.8 Å². The lowest BCUT2D eigenvalue weighted by Gasteiger charge is -2.21. The molecular weight excluding hydrogens is 302 g/mol. The lowest BCUT2D eigenvalue weighted by Crippen LogP contribution is -2.35. The van der Waals surface area contributed by atoms with Crippen molar-refractivity contribution in [2.75, 3.05) is 12.4 Å². The van der Waals surface area contributed by atoms with E-state index < -0.39 is 35.7 Å². The molecule has 0 saturated carbocycles. The molecule has 0 saturated heterocycles. The summed E-state index contributed by atoms with van der Waals surface area (Å²) in [6.45, 7) is -0.390. The molecule has 0 unspecified atom stereocenters. The molecule has 0 aromatic heterocycles. The van der Waals surface area contributed by atoms with Crippen molar-refractivity contribution in [2.45, 2.75) is 26.4 Å². The standard InChI is InChI=1S/C13H16BF3NO4/c1-13(2,3)22-12(20)18-10-6-5-8(14(15,16)17)7-9(10)11(19)21-4/h5-7H,1-4H3,(H,18,20)/q-1. The van der Waals surface area contributed by atoms with Gasteiger partial charge in [0.25, 0.3) is 0 Å². The first-order chi connectivity index (χ1) is 9.94. The molecule has 9 heteroatoms. The summed E-state index contributed by atoms with van der Waals surface area (Å²) < 4.78 is 47.7. The zero-order valence-corrected chi connectivity index (χ0v) is 12.6. The van der Waals surface area contributed by atoms with Gasteiger partial charge in [0.1, 0.15) is 5.60 Å². The number of carbonyl (C=O) groups excluding carboxylic acids is 2. The smallest absolute Gasteiger partial charge is 0.465 e. The van der Waals surface area contributed by atoms with Gasteiger partial charge in [0.15, 0.2) is 0 Å². The normalized spacial score (nSPS) is 11.8. The highest BCUT2D eigenvalue weighted by atomic mass is 19.4. The predicted octanol–water partition coefficient (Wildman–Crippen LogP) is 2.87. The van der Waals surface area contributed by atoms with E-state index in [2.05, 4.69) is 10.1 Å². The minimum Gasteiger partial charge on any atom is -0.465 e. The first-order valence-electron chi connectivity index (χ1n) is 6.36. The first-order valence-corrected chi connectivity index (χ1v) is 6.36. The molecule has 0 fully saturated rings. The average Bonchev–Trinajstić information content (AvgIpc) is 2.34. The molecule has 1 N–H and O–H groups in total. The fourth-order valence-corrected chi connectivity index (χ4v) is 1.57. The van der Waals surface area contributed by atoms with Crippen LogP contribution >= 0.6 is 0 Å². The number of halogens is 3. The van der Waals surface area contributed by atoms with Crippen molar-refractivity contribution in [2.24, 2.45) is 0 Å². The molecule has 5 nitrogen and oxygen atoms in total. The second-order valence-corrected chi connectivity index (χ2v) is 5.50. The Hall–Kier alpha value is -2.19. The van der Waals surface area contributed by atoms with Crippen molar-refractivity contribution in [3.63, 3.8) is 0 Å². The first kappa shape index (κ1) is 17.9. The fraction of sp³-hybridized carbons (Fsp3) is 0.385. The summed E-state index contributed by atoms with van der Waals surface area (Å²) in [5.41, 5.74) is -2.27. The lowest BCUT2D eigenvalue weighted by atomic mass is 9.79. The molecular formula is C13H16BF3NO4-. The van der Waals surface area contributed by atoms with Crippen LogP contribution in [0.2, 0.25) is 0 Å². The molecule has 0 aliphatic carbocycles. The average molecular weight is 318 g/mol. The number of ether oxygens (including phenoxy) is 2. The van der Waals surface area contributed by atoms with Crippen LogP contribution in [0.1, 0.15) is 31.1 Å². The Kier molecular flexibility index (Phi) is 5.11. The number of anilines is 1. The number of amides is 1. The van der Waals surface area contributed by atoms with Gasteiger partial charge in [-0.25, -0.2) is 9.59 Å². The third kappa shape index (κ3) is 4.98. The highest BCUT2D eigenvalue weighted by molar-refractivity contribution is 6.73. The van der Waals surface area contributed by atoms with Crippen molar-refractivity contribution < 1.29 is 32.0 Å². The summed E-state index contributed by atoms with van der Waals surface area (Å²) in [5, 5.41) is 2.24. The van der Waals surface area contributed by atoms with Crippen LogP contribution in [0.4, 0.5) is 23.4 Å². The molecule has 1 aromatic carbocycles. The highest BCUT2D eigenvalue weighted by Crippen LogP contribution is 2.20. The van der Waals surface area contributed by atoms with Gasteiger partial charge >= 0.3 is 19.0 Å². The van der Waals surface area contributed by atoms with Crippen molar-refractivity contribution >= 4 is 30.2 Å². The molecule has 0 aliphatic rings. The van der Waals surface area contributed by atoms with Gasteiger partial charge in [-0.05, 0) is 26.8 Å². The van der Waals surface area contributed by atoms with Crippen molar-refractivity contribution in [3.05, 3.63) is 23.8 Å². The third-order valence-corrected chi connectivity index (χ3v) is 2.46. The highest BCUT2D eigenvalue weighted by Gasteiger charge is 2.28. The van der Waals surface area contributed by atoms with E-state index >= 15 is 0 Å². The van der Waals surface area contributed by atoms with Crippen LogP contribution in [0.3, 0.4) is 0 Å². The fourth-order valence-electron chi connectivity index (χ4n) is 1.57. The zero-order chi connectivity index (χ0) is 17.1. The number of hydrogen-bond donors (Lipinski definition) is 1. The molecule has 1 rings (SSSR count). The van der Waals surface area contributed by atoms with Gasteiger partial charge in [-0.2, -0.15) is 0 Å². The molecule has 0 bridgehead atoms. The maximum Gasteiger partial charge on any atom is 0.509 e. The van der Waals surface area contributed by atoms with Crippen molar-refractivity contribution in [1.29, 1.82) is 0 Å². The van der Waals surface area contributed by atoms with Crippen LogP contribution in [0.5, 0.6) is 0 Å². The Bertz CT molecular complexity index is 582. The van der Waals surface area contributed by atoms with Gasteiger partial charge in [-0.1, -0.05) is 12.1 Å². The summed E-state index contributed by atoms with van der Waals surface area (Å²) >= 11 is 0. The summed E-state index contributed by atoms with van der Waals surface area (Å²) in [6, 6.07) is 2.40. The number of hydrogen-bond acceptors (Lipinski definition) is 4. The minimum absolute atomic E-state index is 0.120. The zero-order valence-electron chi connectivity index (χ0n) is 12.6. The molecule has 1 amide bonds. The third-order valence-electron chi connectivity index (χ3n) is 2.46. The summed E-state index contributed by atoms with van der Waals surface area (Å²) in [6.07, 6.45) is -0.886. The van der Waals surface area contributed by atoms with Crippen LogP contribution in [0.15, 0.2) is 18.2 Å². The van der Waals surface area contributed by atoms with E-state index in [-0.39, 0.29) is 5.69 Å². The maximum absolute atomic E-state index is 12.8. The Morgan fingerprint density at radius 3 is 2.23 bits per heavy atom. The van der Waals surface area contributed by atoms with Gasteiger partial charge < -0.3 is 22.4 Å². The molecule has 122 valence electrons. The minimum atomic E-state index is -5.27. The molecule has 0 radical (unpaired) electrons. The van der Waals surface area contributed by atoms with Crippen LogP contribution in [0, 0.1) is 0 Å². The second-order valence-electron chi connectivity index (χ2n) is 5.50. The van der Waals surface area contributed by atoms with E-state index in [1.54, 1.807) is 20.8 Å². The Labute approximate surface area is 125 Å². The van der Waals surface area contributed by atoms with Gasteiger partial charge in [-0.15, -0.1) is 5.46 Å². The molecule has 0 spiro atoms. The Morgan fingerprint density at radius 1 is 1.18 bits per heavy atom. The van der Waals surface area contributed by atoms with E-state index in [0.29, 0.717) is 6.07 Å². The van der Waals surface area contributed by atoms with Crippen LogP contribution in [-0.2, 0) is 9.47 Å². The summed E-state index contributed by atoms with van der Waals surface area (Å²) in [5.74, 6) is -0.993. The van der Waals surface area contributed by atoms with Crippen molar-refractivity contribution in [1.82, 2.24) is 0 Å². The Morgan fingerprint density at radius 2 is 1.77 bits per heavy atom. The largest absolute Gasteiger partial charge is 0.509 e. The van der Waals surface area contributed by atoms with Gasteiger partial charge in [-0.3, -0.25) is 5.32 Å². The molecule has 22 heavy (non-hydrogen) atoms. The number of nitrogens with one attached hydrogen (secondary N) is 1. The molecule has 0 heterocycles. The van der Waals surface area contributed by atoms with E-state index in [0.717, 1.165) is 19.2 Å². The summed E-state index contributed by atoms with van der Waals surface area (Å²) in [7, 11) is 1.03. The van der Waals surface area contributed by atoms with E-state index in [1.165, 1.54) is 0 Å². The topological polar surface area (TPSA) is 64.6 Å². The lowest BCUT2D eigenvalue weighted by molar-refractivity contribution is 0.0602. The summed E-state index contributed by atoms with van der Waals surface area (Å²) in [4.78, 5) is 23.3. The quantitative estimate of drug-likeness (QED) is 0.687. The SMILES string of the molecule is COC(=O)c1cc([B-](F)(F)F)ccc1NC(=O)OC(C)(C)C. The number of carbonyl (C=O) groups is 2. The van der Waals surface area contributed by atoms with E-state index in [1.807, 2.05) is 0 Å². The Balaban J connectivity index is 3.14. The van der Waals surface area contributed by atoms with Gasteiger partial charge in [0.2, 0.25) is 0 Å². The van der Waals surface area contributed by atoms with Crippen LogP contribution in [-0.4, -0.2) is 31.8 Å². The number of rotatable bonds is 3. The van der Waals surface area contributed by atoms with Crippen LogP contribution in [0.25, 0.3) is 0 Å². The van der Waals surface area contributed by atoms with E-state index in [9.17, 15) is 22.5 Å². The number of benzene rings is 1. The van der Waals surface area contributed by atoms with Gasteiger partial charge in [0, 0.05) is 0 Å². The predicted molar refractivity (Wildman–Crippen MR) is 76.4 cm³/mol. The van der Waals surface area contributed by atoms with Gasteiger partial charge in [0.05, 0.1) is 18.4 Å². The second kappa shape index (κ2) is 6.29. The monoisotopic (exact) mass is 318 g/mol. The molecule has 0 aliphatic heterocycles. The number of methoxy groups -OCH3 is 1.